The summed E-state index contributed by atoms with van der Waals surface area (Å²) >= 11 is 0. The maximum Gasteiger partial charge on any atom is 0.270 e. The van der Waals surface area contributed by atoms with Crippen molar-refractivity contribution in [2.24, 2.45) is 0 Å². The maximum atomic E-state index is 12.1. The fourth-order valence-corrected chi connectivity index (χ4v) is 1.94. The highest BCUT2D eigenvalue weighted by Gasteiger charge is 2.12. The van der Waals surface area contributed by atoms with Gasteiger partial charge in [0.15, 0.2) is 5.82 Å². The summed E-state index contributed by atoms with van der Waals surface area (Å²) in [6, 6.07) is 11.0. The quantitative estimate of drug-likeness (QED) is 0.590. The van der Waals surface area contributed by atoms with E-state index in [4.69, 9.17) is 0 Å². The maximum absolute atomic E-state index is 12.1. The first-order chi connectivity index (χ1) is 10.1. The summed E-state index contributed by atoms with van der Waals surface area (Å²) in [6.07, 6.45) is 3.48. The topological polar surface area (TPSA) is 89.5 Å². The smallest absolute Gasteiger partial charge is 0.270 e. The molecule has 0 fully saturated rings. The van der Waals surface area contributed by atoms with Crippen molar-refractivity contribution >= 4 is 23.1 Å². The lowest BCUT2D eigenvalue weighted by atomic mass is 10.2. The van der Waals surface area contributed by atoms with E-state index in [1.165, 1.54) is 24.3 Å². The molecule has 3 rings (SSSR count). The van der Waals surface area contributed by atoms with Crippen LogP contribution >= 0.6 is 0 Å². The van der Waals surface area contributed by atoms with Gasteiger partial charge in [0.2, 0.25) is 0 Å². The number of rotatable bonds is 3. The summed E-state index contributed by atoms with van der Waals surface area (Å²) in [5, 5.41) is 13.3. The molecule has 0 atom stereocenters. The Hall–Kier alpha value is -3.22. The van der Waals surface area contributed by atoms with Crippen molar-refractivity contribution in [3.8, 4) is 0 Å². The van der Waals surface area contributed by atoms with E-state index in [1.54, 1.807) is 10.6 Å². The lowest BCUT2D eigenvalue weighted by molar-refractivity contribution is -0.384. The van der Waals surface area contributed by atoms with Gasteiger partial charge in [-0.1, -0.05) is 12.1 Å². The van der Waals surface area contributed by atoms with Gasteiger partial charge in [-0.25, -0.2) is 4.98 Å². The second kappa shape index (κ2) is 5.04. The molecule has 0 spiro atoms. The molecule has 0 aliphatic heterocycles. The third-order valence-electron chi connectivity index (χ3n) is 2.92. The lowest BCUT2D eigenvalue weighted by Gasteiger charge is -2.01. The highest BCUT2D eigenvalue weighted by molar-refractivity contribution is 6.04. The second-order valence-electron chi connectivity index (χ2n) is 4.35. The Kier molecular flexibility index (Phi) is 3.07. The van der Waals surface area contributed by atoms with Crippen molar-refractivity contribution in [3.63, 3.8) is 0 Å². The first kappa shape index (κ1) is 12.8. The average Bonchev–Trinajstić information content (AvgIpc) is 2.89. The molecule has 104 valence electrons. The highest BCUT2D eigenvalue weighted by Crippen LogP contribution is 2.15. The molecule has 1 N–H and O–H groups in total. The SMILES string of the molecule is O=C(Nc1cn2ccccc2n1)c1cccc([N+](=O)[O-])c1. The van der Waals surface area contributed by atoms with Crippen LogP contribution in [0, 0.1) is 10.1 Å². The van der Waals surface area contributed by atoms with Crippen LogP contribution < -0.4 is 5.32 Å². The molecule has 2 heterocycles. The first-order valence-electron chi connectivity index (χ1n) is 6.13. The van der Waals surface area contributed by atoms with E-state index in [1.807, 2.05) is 24.4 Å². The number of fused-ring (bicyclic) bond motifs is 1. The third kappa shape index (κ3) is 2.57. The number of non-ortho nitro benzene ring substituents is 1. The molecule has 1 aromatic carbocycles. The van der Waals surface area contributed by atoms with Crippen LogP contribution in [0.3, 0.4) is 0 Å². The van der Waals surface area contributed by atoms with Gasteiger partial charge in [-0.2, -0.15) is 0 Å². The zero-order valence-electron chi connectivity index (χ0n) is 10.8. The Morgan fingerprint density at radius 2 is 2.10 bits per heavy atom. The normalized spacial score (nSPS) is 10.5. The molecule has 7 nitrogen and oxygen atoms in total. The number of nitrogens with zero attached hydrogens (tertiary/aromatic N) is 3. The van der Waals surface area contributed by atoms with Crippen LogP contribution in [-0.2, 0) is 0 Å². The molecule has 0 radical (unpaired) electrons. The Balaban J connectivity index is 1.85. The number of hydrogen-bond donors (Lipinski definition) is 1. The minimum atomic E-state index is -0.540. The minimum absolute atomic E-state index is 0.127. The van der Waals surface area contributed by atoms with Gasteiger partial charge >= 0.3 is 0 Å². The molecule has 2 aromatic heterocycles. The van der Waals surface area contributed by atoms with Crippen molar-refractivity contribution in [3.05, 3.63) is 70.5 Å². The largest absolute Gasteiger partial charge is 0.305 e. The van der Waals surface area contributed by atoms with Crippen LogP contribution in [0.15, 0.2) is 54.9 Å². The molecule has 0 saturated heterocycles. The lowest BCUT2D eigenvalue weighted by Crippen LogP contribution is -2.12. The Morgan fingerprint density at radius 1 is 1.24 bits per heavy atom. The van der Waals surface area contributed by atoms with E-state index < -0.39 is 10.8 Å². The van der Waals surface area contributed by atoms with E-state index in [0.29, 0.717) is 11.5 Å². The Bertz CT molecular complexity index is 808. The summed E-state index contributed by atoms with van der Waals surface area (Å²) in [4.78, 5) is 26.5. The zero-order chi connectivity index (χ0) is 14.8. The minimum Gasteiger partial charge on any atom is -0.305 e. The molecule has 21 heavy (non-hydrogen) atoms. The van der Waals surface area contributed by atoms with Crippen molar-refractivity contribution in [2.45, 2.75) is 0 Å². The Labute approximate surface area is 119 Å². The summed E-state index contributed by atoms with van der Waals surface area (Å²) in [5.74, 6) is -0.0557. The van der Waals surface area contributed by atoms with Gasteiger partial charge in [0.25, 0.3) is 11.6 Å². The summed E-state index contributed by atoms with van der Waals surface area (Å²) in [6.45, 7) is 0. The number of carbonyl (C=O) groups is 1. The van der Waals surface area contributed by atoms with Gasteiger partial charge in [-0.05, 0) is 18.2 Å². The monoisotopic (exact) mass is 282 g/mol. The van der Waals surface area contributed by atoms with E-state index >= 15 is 0 Å². The number of anilines is 1. The number of carbonyl (C=O) groups excluding carboxylic acids is 1. The second-order valence-corrected chi connectivity index (χ2v) is 4.35. The summed E-state index contributed by atoms with van der Waals surface area (Å²) in [5.41, 5.74) is 0.783. The number of aromatic nitrogens is 2. The van der Waals surface area contributed by atoms with Gasteiger partial charge in [-0.3, -0.25) is 14.9 Å². The average molecular weight is 282 g/mol. The molecule has 0 aliphatic carbocycles. The van der Waals surface area contributed by atoms with Gasteiger partial charge in [0, 0.05) is 23.9 Å². The predicted molar refractivity (Wildman–Crippen MR) is 76.2 cm³/mol. The first-order valence-corrected chi connectivity index (χ1v) is 6.13. The van der Waals surface area contributed by atoms with Crippen molar-refractivity contribution < 1.29 is 9.72 Å². The third-order valence-corrected chi connectivity index (χ3v) is 2.92. The van der Waals surface area contributed by atoms with Gasteiger partial charge in [0.05, 0.1) is 11.1 Å². The number of hydrogen-bond acceptors (Lipinski definition) is 4. The molecule has 0 saturated carbocycles. The van der Waals surface area contributed by atoms with Crippen LogP contribution in [0.5, 0.6) is 0 Å². The molecule has 1 amide bonds. The van der Waals surface area contributed by atoms with Crippen LogP contribution in [0.25, 0.3) is 5.65 Å². The standard InChI is InChI=1S/C14H10N4O3/c19-14(10-4-3-5-11(8-10)18(20)21)16-12-9-17-7-2-1-6-13(17)15-12/h1-9H,(H,16,19). The molecular weight excluding hydrogens is 272 g/mol. The predicted octanol–water partition coefficient (Wildman–Crippen LogP) is 2.49. The molecule has 0 bridgehead atoms. The number of nitro benzene ring substituents is 1. The summed E-state index contributed by atoms with van der Waals surface area (Å²) < 4.78 is 1.77. The zero-order valence-corrected chi connectivity index (χ0v) is 10.8. The molecule has 0 unspecified atom stereocenters. The van der Waals surface area contributed by atoms with Gasteiger partial charge in [0.1, 0.15) is 5.65 Å². The van der Waals surface area contributed by atoms with Gasteiger partial charge < -0.3 is 9.72 Å². The van der Waals surface area contributed by atoms with Crippen LogP contribution in [0.2, 0.25) is 0 Å². The number of nitrogens with one attached hydrogen (secondary N) is 1. The molecule has 7 heteroatoms. The van der Waals surface area contributed by atoms with Crippen molar-refractivity contribution in [1.82, 2.24) is 9.38 Å². The highest BCUT2D eigenvalue weighted by atomic mass is 16.6. The van der Waals surface area contributed by atoms with Crippen LogP contribution in [0.4, 0.5) is 11.5 Å². The van der Waals surface area contributed by atoms with E-state index in [0.717, 1.165) is 0 Å². The molecular formula is C14H10N4O3. The number of nitro groups is 1. The number of imidazole rings is 1. The fraction of sp³-hybridized carbons (Fsp3) is 0. The molecule has 0 aliphatic rings. The fourth-order valence-electron chi connectivity index (χ4n) is 1.94. The van der Waals surface area contributed by atoms with E-state index in [9.17, 15) is 14.9 Å². The van der Waals surface area contributed by atoms with E-state index in [-0.39, 0.29) is 11.3 Å². The van der Waals surface area contributed by atoms with Crippen molar-refractivity contribution in [1.29, 1.82) is 0 Å². The Morgan fingerprint density at radius 3 is 2.86 bits per heavy atom. The van der Waals surface area contributed by atoms with E-state index in [2.05, 4.69) is 10.3 Å². The van der Waals surface area contributed by atoms with Crippen molar-refractivity contribution in [2.75, 3.05) is 5.32 Å². The summed E-state index contributed by atoms with van der Waals surface area (Å²) in [7, 11) is 0. The van der Waals surface area contributed by atoms with Gasteiger partial charge in [-0.15, -0.1) is 0 Å². The molecule has 3 aromatic rings. The van der Waals surface area contributed by atoms with Crippen LogP contribution in [-0.4, -0.2) is 20.2 Å². The number of pyridine rings is 1. The van der Waals surface area contributed by atoms with Crippen LogP contribution in [0.1, 0.15) is 10.4 Å². The number of benzene rings is 1. The number of amides is 1.